The smallest absolute Gasteiger partial charge is 0.138 e. The van der Waals surface area contributed by atoms with Gasteiger partial charge in [-0.15, -0.1) is 0 Å². The molecule has 1 aliphatic carbocycles. The summed E-state index contributed by atoms with van der Waals surface area (Å²) in [6, 6.07) is 0. The molecule has 1 aromatic heterocycles. The van der Waals surface area contributed by atoms with Gasteiger partial charge in [0.25, 0.3) is 0 Å². The van der Waals surface area contributed by atoms with Crippen molar-refractivity contribution in [2.45, 2.75) is 52.2 Å². The van der Waals surface area contributed by atoms with Crippen molar-refractivity contribution in [3.63, 3.8) is 0 Å². The molecule has 1 N–H and O–H groups in total. The maximum atomic E-state index is 6.11. The Bertz CT molecular complexity index is 443. The first-order valence-corrected chi connectivity index (χ1v) is 7.98. The maximum absolute atomic E-state index is 6.11. The zero-order valence-electron chi connectivity index (χ0n) is 12.6. The van der Waals surface area contributed by atoms with Crippen LogP contribution in [0.25, 0.3) is 0 Å². The Kier molecular flexibility index (Phi) is 4.08. The minimum absolute atomic E-state index is 0.205. The number of nitrogens with one attached hydrogen (secondary N) is 1. The molecule has 1 saturated carbocycles. The third-order valence-corrected chi connectivity index (χ3v) is 4.78. The van der Waals surface area contributed by atoms with E-state index in [2.05, 4.69) is 29.2 Å². The summed E-state index contributed by atoms with van der Waals surface area (Å²) < 4.78 is 8.14. The number of hydrogen-bond donors (Lipinski definition) is 1. The van der Waals surface area contributed by atoms with Crippen LogP contribution in [0.2, 0.25) is 0 Å². The standard InChI is InChI=1S/C15H26N4O/c1-3-16-10-15(7-8-20-14(15)12-5-6-12)9-13-17-11-18-19(13)4-2/h11-12,14,16H,3-10H2,1-2H3. The number of rotatable bonds is 7. The van der Waals surface area contributed by atoms with Crippen LogP contribution in [-0.4, -0.2) is 40.6 Å². The molecule has 0 aromatic carbocycles. The molecule has 2 fully saturated rings. The minimum atomic E-state index is 0.205. The molecule has 2 unspecified atom stereocenters. The maximum Gasteiger partial charge on any atom is 0.138 e. The van der Waals surface area contributed by atoms with Crippen molar-refractivity contribution < 1.29 is 4.74 Å². The minimum Gasteiger partial charge on any atom is -0.377 e. The molecule has 20 heavy (non-hydrogen) atoms. The molecule has 0 bridgehead atoms. The third-order valence-electron chi connectivity index (χ3n) is 4.78. The van der Waals surface area contributed by atoms with E-state index in [1.165, 1.54) is 12.8 Å². The molecule has 1 saturated heterocycles. The summed E-state index contributed by atoms with van der Waals surface area (Å²) in [5.74, 6) is 1.88. The van der Waals surface area contributed by atoms with Gasteiger partial charge in [-0.3, -0.25) is 4.68 Å². The fourth-order valence-corrected chi connectivity index (χ4v) is 3.56. The first-order chi connectivity index (χ1) is 9.79. The van der Waals surface area contributed by atoms with Crippen LogP contribution >= 0.6 is 0 Å². The number of nitrogens with zero attached hydrogens (tertiary/aromatic N) is 3. The van der Waals surface area contributed by atoms with Crippen molar-refractivity contribution in [2.75, 3.05) is 19.7 Å². The van der Waals surface area contributed by atoms with Crippen LogP contribution in [0.15, 0.2) is 6.33 Å². The van der Waals surface area contributed by atoms with Gasteiger partial charge in [-0.25, -0.2) is 4.98 Å². The fraction of sp³-hybridized carbons (Fsp3) is 0.867. The summed E-state index contributed by atoms with van der Waals surface area (Å²) in [4.78, 5) is 4.49. The molecule has 1 aromatic rings. The Morgan fingerprint density at radius 3 is 3.00 bits per heavy atom. The van der Waals surface area contributed by atoms with Gasteiger partial charge in [0.1, 0.15) is 12.2 Å². The average Bonchev–Trinajstić information content (AvgIpc) is 3.07. The Morgan fingerprint density at radius 2 is 2.30 bits per heavy atom. The van der Waals surface area contributed by atoms with Crippen LogP contribution in [0.3, 0.4) is 0 Å². The monoisotopic (exact) mass is 278 g/mol. The zero-order chi connectivity index (χ0) is 14.0. The van der Waals surface area contributed by atoms with E-state index in [0.29, 0.717) is 6.10 Å². The first kappa shape index (κ1) is 14.0. The van der Waals surface area contributed by atoms with E-state index in [4.69, 9.17) is 4.74 Å². The first-order valence-electron chi connectivity index (χ1n) is 7.98. The molecule has 2 aliphatic rings. The summed E-state index contributed by atoms with van der Waals surface area (Å²) in [6.07, 6.45) is 6.87. The predicted octanol–water partition coefficient (Wildman–Crippen LogP) is 1.64. The summed E-state index contributed by atoms with van der Waals surface area (Å²) in [5.41, 5.74) is 0.205. The summed E-state index contributed by atoms with van der Waals surface area (Å²) in [6.45, 7) is 8.12. The normalized spacial score (nSPS) is 30.0. The van der Waals surface area contributed by atoms with Crippen molar-refractivity contribution in [1.82, 2.24) is 20.1 Å². The number of aryl methyl sites for hydroxylation is 1. The van der Waals surface area contributed by atoms with Gasteiger partial charge in [0.15, 0.2) is 0 Å². The van der Waals surface area contributed by atoms with Gasteiger partial charge in [-0.05, 0) is 38.6 Å². The lowest BCUT2D eigenvalue weighted by Crippen LogP contribution is -2.44. The topological polar surface area (TPSA) is 52.0 Å². The lowest BCUT2D eigenvalue weighted by Gasteiger charge is -2.34. The highest BCUT2D eigenvalue weighted by Crippen LogP contribution is 2.49. The number of aromatic nitrogens is 3. The van der Waals surface area contributed by atoms with Gasteiger partial charge < -0.3 is 10.1 Å². The van der Waals surface area contributed by atoms with E-state index in [1.54, 1.807) is 6.33 Å². The van der Waals surface area contributed by atoms with Crippen molar-refractivity contribution in [3.8, 4) is 0 Å². The molecule has 0 spiro atoms. The van der Waals surface area contributed by atoms with Crippen LogP contribution in [0.5, 0.6) is 0 Å². The molecule has 5 heteroatoms. The van der Waals surface area contributed by atoms with Gasteiger partial charge in [-0.2, -0.15) is 5.10 Å². The molecule has 5 nitrogen and oxygen atoms in total. The molecular formula is C15H26N4O. The molecule has 2 heterocycles. The second kappa shape index (κ2) is 5.82. The van der Waals surface area contributed by atoms with Gasteiger partial charge in [0.2, 0.25) is 0 Å². The van der Waals surface area contributed by atoms with Crippen molar-refractivity contribution >= 4 is 0 Å². The Morgan fingerprint density at radius 1 is 1.45 bits per heavy atom. The van der Waals surface area contributed by atoms with E-state index in [1.807, 2.05) is 4.68 Å². The summed E-state index contributed by atoms with van der Waals surface area (Å²) >= 11 is 0. The molecule has 3 rings (SSSR count). The largest absolute Gasteiger partial charge is 0.377 e. The molecule has 1 aliphatic heterocycles. The van der Waals surface area contributed by atoms with E-state index < -0.39 is 0 Å². The van der Waals surface area contributed by atoms with Crippen LogP contribution in [0.4, 0.5) is 0 Å². The molecule has 0 amide bonds. The Labute approximate surface area is 121 Å². The lowest BCUT2D eigenvalue weighted by atomic mass is 9.75. The molecule has 112 valence electrons. The van der Waals surface area contributed by atoms with Gasteiger partial charge in [0.05, 0.1) is 6.10 Å². The second-order valence-corrected chi connectivity index (χ2v) is 6.19. The van der Waals surface area contributed by atoms with E-state index in [9.17, 15) is 0 Å². The predicted molar refractivity (Wildman–Crippen MR) is 77.5 cm³/mol. The quantitative estimate of drug-likeness (QED) is 0.824. The lowest BCUT2D eigenvalue weighted by molar-refractivity contribution is 0.0295. The molecule has 2 atom stereocenters. The third kappa shape index (κ3) is 2.61. The number of ether oxygens (including phenoxy) is 1. The highest BCUT2D eigenvalue weighted by molar-refractivity contribution is 5.05. The van der Waals surface area contributed by atoms with Crippen LogP contribution < -0.4 is 5.32 Å². The van der Waals surface area contributed by atoms with Crippen LogP contribution in [0, 0.1) is 11.3 Å². The van der Waals surface area contributed by atoms with E-state index in [-0.39, 0.29) is 5.41 Å². The molecule has 0 radical (unpaired) electrons. The second-order valence-electron chi connectivity index (χ2n) is 6.19. The molecular weight excluding hydrogens is 252 g/mol. The van der Waals surface area contributed by atoms with Crippen molar-refractivity contribution in [3.05, 3.63) is 12.2 Å². The zero-order valence-corrected chi connectivity index (χ0v) is 12.6. The highest BCUT2D eigenvalue weighted by atomic mass is 16.5. The van der Waals surface area contributed by atoms with Gasteiger partial charge >= 0.3 is 0 Å². The number of hydrogen-bond acceptors (Lipinski definition) is 4. The Hall–Kier alpha value is -0.940. The van der Waals surface area contributed by atoms with E-state index in [0.717, 1.165) is 50.8 Å². The van der Waals surface area contributed by atoms with Crippen LogP contribution in [0.1, 0.15) is 38.9 Å². The van der Waals surface area contributed by atoms with Crippen LogP contribution in [-0.2, 0) is 17.7 Å². The highest BCUT2D eigenvalue weighted by Gasteiger charge is 2.51. The fourth-order valence-electron chi connectivity index (χ4n) is 3.56. The Balaban J connectivity index is 1.81. The summed E-state index contributed by atoms with van der Waals surface area (Å²) in [7, 11) is 0. The van der Waals surface area contributed by atoms with Gasteiger partial charge in [0, 0.05) is 31.5 Å². The van der Waals surface area contributed by atoms with E-state index >= 15 is 0 Å². The average molecular weight is 278 g/mol. The summed E-state index contributed by atoms with van der Waals surface area (Å²) in [5, 5.41) is 7.87. The van der Waals surface area contributed by atoms with Crippen molar-refractivity contribution in [2.24, 2.45) is 11.3 Å². The van der Waals surface area contributed by atoms with Crippen molar-refractivity contribution in [1.29, 1.82) is 0 Å². The SMILES string of the molecule is CCNCC1(Cc2ncnn2CC)CCOC1C1CC1. The van der Waals surface area contributed by atoms with Gasteiger partial charge in [-0.1, -0.05) is 6.92 Å².